The van der Waals surface area contributed by atoms with Gasteiger partial charge in [0.25, 0.3) is 0 Å². The normalized spacial score (nSPS) is 11.7. The molecule has 0 atom stereocenters. The minimum atomic E-state index is -4.35. The summed E-state index contributed by atoms with van der Waals surface area (Å²) in [5.74, 6) is -0.311. The molecule has 1 heterocycles. The highest BCUT2D eigenvalue weighted by Gasteiger charge is 2.27. The highest BCUT2D eigenvalue weighted by atomic mass is 19.4. The molecule has 0 radical (unpaired) electrons. The maximum absolute atomic E-state index is 12.6. The van der Waals surface area contributed by atoms with Gasteiger partial charge in [-0.25, -0.2) is 4.79 Å². The number of benzene rings is 2. The maximum Gasteiger partial charge on any atom is 0.411 e. The standard InChI is InChI=1S/C21H22F3N3O3/c1-2-26-17-5-3-4-6-18(17)27(20(26)29)12-19(28)25-11-15-7-9-16(10-8-15)13-30-14-21(22,23)24/h3-10H,2,11-14H2,1H3,(H,25,28). The van der Waals surface area contributed by atoms with Crippen LogP contribution >= 0.6 is 0 Å². The SMILES string of the molecule is CCn1c(=O)n(CC(=O)NCc2ccc(COCC(F)(F)F)cc2)c2ccccc21. The molecule has 0 aliphatic carbocycles. The van der Waals surface area contributed by atoms with Gasteiger partial charge in [-0.05, 0) is 30.2 Å². The summed E-state index contributed by atoms with van der Waals surface area (Å²) in [6.45, 7) is 1.08. The Morgan fingerprint density at radius 2 is 1.60 bits per heavy atom. The van der Waals surface area contributed by atoms with E-state index in [4.69, 9.17) is 0 Å². The van der Waals surface area contributed by atoms with Gasteiger partial charge in [0, 0.05) is 13.1 Å². The second kappa shape index (κ2) is 9.17. The molecule has 1 amide bonds. The minimum absolute atomic E-state index is 0.101. The third kappa shape index (κ3) is 5.29. The lowest BCUT2D eigenvalue weighted by Crippen LogP contribution is -2.32. The van der Waals surface area contributed by atoms with Gasteiger partial charge in [0.1, 0.15) is 13.2 Å². The number of carbonyl (C=O) groups excluding carboxylic acids is 1. The van der Waals surface area contributed by atoms with E-state index in [2.05, 4.69) is 10.1 Å². The summed E-state index contributed by atoms with van der Waals surface area (Å²) in [4.78, 5) is 25.0. The fourth-order valence-electron chi connectivity index (χ4n) is 3.17. The summed E-state index contributed by atoms with van der Waals surface area (Å²) in [5, 5.41) is 2.76. The number of para-hydroxylation sites is 2. The van der Waals surface area contributed by atoms with Gasteiger partial charge in [-0.2, -0.15) is 13.2 Å². The van der Waals surface area contributed by atoms with Gasteiger partial charge in [-0.1, -0.05) is 36.4 Å². The predicted octanol–water partition coefficient (Wildman–Crippen LogP) is 3.22. The Bertz CT molecular complexity index is 1070. The number of aryl methyl sites for hydroxylation is 1. The number of hydrogen-bond donors (Lipinski definition) is 1. The summed E-state index contributed by atoms with van der Waals surface area (Å²) >= 11 is 0. The fourth-order valence-corrected chi connectivity index (χ4v) is 3.17. The molecule has 0 bridgehead atoms. The van der Waals surface area contributed by atoms with Crippen molar-refractivity contribution < 1.29 is 22.7 Å². The number of nitrogens with one attached hydrogen (secondary N) is 1. The number of fused-ring (bicyclic) bond motifs is 1. The van der Waals surface area contributed by atoms with Crippen LogP contribution in [0.1, 0.15) is 18.1 Å². The lowest BCUT2D eigenvalue weighted by molar-refractivity contribution is -0.176. The van der Waals surface area contributed by atoms with Gasteiger partial charge in [0.05, 0.1) is 17.6 Å². The molecule has 30 heavy (non-hydrogen) atoms. The number of carbonyl (C=O) groups is 1. The Morgan fingerprint density at radius 1 is 1.00 bits per heavy atom. The molecule has 0 fully saturated rings. The highest BCUT2D eigenvalue weighted by molar-refractivity contribution is 5.80. The molecule has 9 heteroatoms. The van der Waals surface area contributed by atoms with Crippen LogP contribution in [-0.2, 0) is 35.8 Å². The maximum atomic E-state index is 12.6. The van der Waals surface area contributed by atoms with Crippen molar-refractivity contribution in [3.8, 4) is 0 Å². The van der Waals surface area contributed by atoms with E-state index in [1.807, 2.05) is 25.1 Å². The van der Waals surface area contributed by atoms with Crippen LogP contribution in [0.3, 0.4) is 0 Å². The number of imidazole rings is 1. The van der Waals surface area contributed by atoms with Gasteiger partial charge >= 0.3 is 11.9 Å². The van der Waals surface area contributed by atoms with E-state index in [9.17, 15) is 22.8 Å². The van der Waals surface area contributed by atoms with Crippen LogP contribution in [0.2, 0.25) is 0 Å². The third-order valence-corrected chi connectivity index (χ3v) is 4.59. The zero-order valence-corrected chi connectivity index (χ0v) is 16.4. The molecule has 1 N–H and O–H groups in total. The van der Waals surface area contributed by atoms with Gasteiger partial charge < -0.3 is 10.1 Å². The van der Waals surface area contributed by atoms with Gasteiger partial charge in [-0.3, -0.25) is 13.9 Å². The minimum Gasteiger partial charge on any atom is -0.367 e. The van der Waals surface area contributed by atoms with E-state index in [-0.39, 0.29) is 31.3 Å². The molecule has 3 rings (SSSR count). The second-order valence-corrected chi connectivity index (χ2v) is 6.80. The Kier molecular flexibility index (Phi) is 6.61. The molecule has 0 unspecified atom stereocenters. The van der Waals surface area contributed by atoms with E-state index >= 15 is 0 Å². The predicted molar refractivity (Wildman–Crippen MR) is 106 cm³/mol. The van der Waals surface area contributed by atoms with Crippen LogP contribution < -0.4 is 11.0 Å². The average molecular weight is 421 g/mol. The number of aromatic nitrogens is 2. The number of nitrogens with zero attached hydrogens (tertiary/aromatic N) is 2. The van der Waals surface area contributed by atoms with Crippen molar-refractivity contribution in [3.63, 3.8) is 0 Å². The first-order chi connectivity index (χ1) is 14.3. The summed E-state index contributed by atoms with van der Waals surface area (Å²) in [7, 11) is 0. The molecule has 0 saturated carbocycles. The van der Waals surface area contributed by atoms with Crippen LogP contribution in [0, 0.1) is 0 Å². The van der Waals surface area contributed by atoms with E-state index in [0.717, 1.165) is 11.1 Å². The van der Waals surface area contributed by atoms with Crippen LogP contribution in [0.25, 0.3) is 11.0 Å². The van der Waals surface area contributed by atoms with Crippen molar-refractivity contribution in [2.24, 2.45) is 0 Å². The van der Waals surface area contributed by atoms with E-state index in [1.165, 1.54) is 4.57 Å². The molecule has 160 valence electrons. The average Bonchev–Trinajstić information content (AvgIpc) is 2.97. The molecular weight excluding hydrogens is 399 g/mol. The van der Waals surface area contributed by atoms with Gasteiger partial charge in [0.15, 0.2) is 0 Å². The lowest BCUT2D eigenvalue weighted by atomic mass is 10.1. The smallest absolute Gasteiger partial charge is 0.367 e. The van der Waals surface area contributed by atoms with Crippen LogP contribution in [-0.4, -0.2) is 27.8 Å². The monoisotopic (exact) mass is 421 g/mol. The molecule has 0 aliphatic heterocycles. The molecular formula is C21H22F3N3O3. The largest absolute Gasteiger partial charge is 0.411 e. The molecule has 0 spiro atoms. The third-order valence-electron chi connectivity index (χ3n) is 4.59. The zero-order valence-electron chi connectivity index (χ0n) is 16.4. The van der Waals surface area contributed by atoms with Crippen LogP contribution in [0.5, 0.6) is 0 Å². The quantitative estimate of drug-likeness (QED) is 0.608. The molecule has 0 aliphatic rings. The molecule has 2 aromatic carbocycles. The lowest BCUT2D eigenvalue weighted by Gasteiger charge is -2.09. The van der Waals surface area contributed by atoms with Crippen molar-refractivity contribution in [1.29, 1.82) is 0 Å². The molecule has 0 saturated heterocycles. The van der Waals surface area contributed by atoms with Crippen molar-refractivity contribution in [1.82, 2.24) is 14.5 Å². The number of halogens is 3. The van der Waals surface area contributed by atoms with Crippen molar-refractivity contribution in [2.45, 2.75) is 39.3 Å². The molecule has 6 nitrogen and oxygen atoms in total. The van der Waals surface area contributed by atoms with Gasteiger partial charge in [-0.15, -0.1) is 0 Å². The Labute approximate surface area is 170 Å². The van der Waals surface area contributed by atoms with Crippen molar-refractivity contribution >= 4 is 16.9 Å². The number of ether oxygens (including phenoxy) is 1. The highest BCUT2D eigenvalue weighted by Crippen LogP contribution is 2.16. The number of hydrogen-bond acceptors (Lipinski definition) is 3. The second-order valence-electron chi connectivity index (χ2n) is 6.80. The number of amides is 1. The van der Waals surface area contributed by atoms with E-state index in [1.54, 1.807) is 34.9 Å². The summed E-state index contributed by atoms with van der Waals surface area (Å²) in [5.41, 5.74) is 2.63. The zero-order chi connectivity index (χ0) is 21.7. The summed E-state index contributed by atoms with van der Waals surface area (Å²) in [6.07, 6.45) is -4.35. The first-order valence-corrected chi connectivity index (χ1v) is 9.45. The van der Waals surface area contributed by atoms with Crippen molar-refractivity contribution in [3.05, 3.63) is 70.1 Å². The van der Waals surface area contributed by atoms with E-state index < -0.39 is 12.8 Å². The van der Waals surface area contributed by atoms with E-state index in [0.29, 0.717) is 17.6 Å². The summed E-state index contributed by atoms with van der Waals surface area (Å²) in [6, 6.07) is 14.0. The van der Waals surface area contributed by atoms with Crippen LogP contribution in [0.15, 0.2) is 53.3 Å². The van der Waals surface area contributed by atoms with Crippen molar-refractivity contribution in [2.75, 3.05) is 6.61 Å². The topological polar surface area (TPSA) is 65.3 Å². The molecule has 3 aromatic rings. The Hall–Kier alpha value is -3.07. The fraction of sp³-hybridized carbons (Fsp3) is 0.333. The summed E-state index contributed by atoms with van der Waals surface area (Å²) < 4.78 is 44.0. The Balaban J connectivity index is 1.57. The van der Waals surface area contributed by atoms with Gasteiger partial charge in [0.2, 0.25) is 5.91 Å². The Morgan fingerprint density at radius 3 is 2.20 bits per heavy atom. The first-order valence-electron chi connectivity index (χ1n) is 9.45. The van der Waals surface area contributed by atoms with Crippen LogP contribution in [0.4, 0.5) is 13.2 Å². The number of alkyl halides is 3. The first kappa shape index (κ1) is 21.6. The molecule has 1 aromatic heterocycles. The number of rotatable bonds is 8.